The Bertz CT molecular complexity index is 907. The van der Waals surface area contributed by atoms with Gasteiger partial charge in [-0.2, -0.15) is 10.2 Å². The molecule has 1 unspecified atom stereocenters. The van der Waals surface area contributed by atoms with E-state index in [1.807, 2.05) is 42.5 Å². The van der Waals surface area contributed by atoms with Crippen LogP contribution in [0.15, 0.2) is 89.1 Å². The summed E-state index contributed by atoms with van der Waals surface area (Å²) in [6.45, 7) is 0. The summed E-state index contributed by atoms with van der Waals surface area (Å²) in [5.74, 6) is 0. The smallest absolute Gasteiger partial charge is 0.209 e. The largest absolute Gasteiger partial charge is 0.264 e. The highest BCUT2D eigenvalue weighted by Crippen LogP contribution is 2.36. The molecular formula is C18H15ClN2O2S. The van der Waals surface area contributed by atoms with Crippen molar-refractivity contribution in [2.75, 3.05) is 0 Å². The molecule has 0 bridgehead atoms. The van der Waals surface area contributed by atoms with Gasteiger partial charge in [0.05, 0.1) is 5.69 Å². The van der Waals surface area contributed by atoms with Crippen LogP contribution in [0.2, 0.25) is 0 Å². The Morgan fingerprint density at radius 2 is 1.58 bits per heavy atom. The topological polar surface area (TPSA) is 58.9 Å². The van der Waals surface area contributed by atoms with Gasteiger partial charge in [0, 0.05) is 17.1 Å². The summed E-state index contributed by atoms with van der Waals surface area (Å²) in [7, 11) is 1.68. The Morgan fingerprint density at radius 1 is 0.958 bits per heavy atom. The second-order valence-corrected chi connectivity index (χ2v) is 8.18. The Morgan fingerprint density at radius 3 is 2.12 bits per heavy atom. The van der Waals surface area contributed by atoms with Gasteiger partial charge in [0.25, 0.3) is 9.05 Å². The molecule has 3 rings (SSSR count). The Hall–Kier alpha value is -2.24. The minimum Gasteiger partial charge on any atom is -0.209 e. The van der Waals surface area contributed by atoms with Crippen LogP contribution in [0.5, 0.6) is 0 Å². The second kappa shape index (κ2) is 6.71. The standard InChI is InChI=1S/C18H15ClN2O2S/c19-24(22,23)18(21-20-17-9-5-2-6-10-17)13-11-16(12-14-18)15-7-3-1-4-8-15/h1-13H,14H2. The molecule has 2 aromatic carbocycles. The lowest BCUT2D eigenvalue weighted by atomic mass is 9.97. The lowest BCUT2D eigenvalue weighted by Gasteiger charge is -2.23. The van der Waals surface area contributed by atoms with Gasteiger partial charge < -0.3 is 0 Å². The van der Waals surface area contributed by atoms with Gasteiger partial charge in [0.1, 0.15) is 0 Å². The zero-order valence-corrected chi connectivity index (χ0v) is 14.3. The van der Waals surface area contributed by atoms with Crippen LogP contribution in [0.1, 0.15) is 12.0 Å². The first-order valence-corrected chi connectivity index (χ1v) is 9.68. The number of halogens is 1. The molecule has 1 aliphatic carbocycles. The molecule has 0 aromatic heterocycles. The fraction of sp³-hybridized carbons (Fsp3) is 0.111. The molecule has 0 spiro atoms. The second-order valence-electron chi connectivity index (χ2n) is 5.38. The molecule has 0 saturated carbocycles. The quantitative estimate of drug-likeness (QED) is 0.565. The first-order valence-electron chi connectivity index (χ1n) is 7.37. The molecule has 0 amide bonds. The van der Waals surface area contributed by atoms with Crippen LogP contribution >= 0.6 is 10.7 Å². The van der Waals surface area contributed by atoms with Crippen molar-refractivity contribution in [2.45, 2.75) is 11.3 Å². The number of nitrogens with zero attached hydrogens (tertiary/aromatic N) is 2. The lowest BCUT2D eigenvalue weighted by molar-refractivity contribution is 0.564. The van der Waals surface area contributed by atoms with Crippen LogP contribution in [0.3, 0.4) is 0 Å². The van der Waals surface area contributed by atoms with Crippen molar-refractivity contribution in [2.24, 2.45) is 10.2 Å². The molecule has 0 N–H and O–H groups in total. The summed E-state index contributed by atoms with van der Waals surface area (Å²) >= 11 is 0. The van der Waals surface area contributed by atoms with Gasteiger partial charge in [-0.15, -0.1) is 0 Å². The van der Waals surface area contributed by atoms with Crippen LogP contribution in [-0.2, 0) is 9.05 Å². The monoisotopic (exact) mass is 358 g/mol. The highest BCUT2D eigenvalue weighted by Gasteiger charge is 2.41. The van der Waals surface area contributed by atoms with Crippen molar-refractivity contribution in [3.8, 4) is 0 Å². The van der Waals surface area contributed by atoms with E-state index in [2.05, 4.69) is 10.2 Å². The molecule has 1 atom stereocenters. The summed E-state index contributed by atoms with van der Waals surface area (Å²) in [5.41, 5.74) is 2.51. The lowest BCUT2D eigenvalue weighted by Crippen LogP contribution is -2.31. The van der Waals surface area contributed by atoms with Gasteiger partial charge in [-0.25, -0.2) is 8.42 Å². The Kier molecular flexibility index (Phi) is 4.64. The molecule has 0 saturated heterocycles. The molecule has 4 nitrogen and oxygen atoms in total. The van der Waals surface area contributed by atoms with E-state index >= 15 is 0 Å². The Labute approximate surface area is 145 Å². The van der Waals surface area contributed by atoms with Crippen molar-refractivity contribution in [3.05, 3.63) is 84.5 Å². The minimum atomic E-state index is -3.98. The van der Waals surface area contributed by atoms with Gasteiger partial charge in [-0.3, -0.25) is 0 Å². The maximum Gasteiger partial charge on any atom is 0.264 e. The van der Waals surface area contributed by atoms with Crippen LogP contribution in [-0.4, -0.2) is 13.3 Å². The normalized spacial score (nSPS) is 21.0. The molecule has 2 aromatic rings. The third kappa shape index (κ3) is 3.47. The average molecular weight is 359 g/mol. The van der Waals surface area contributed by atoms with Crippen LogP contribution < -0.4 is 0 Å². The van der Waals surface area contributed by atoms with Gasteiger partial charge in [-0.05, 0) is 29.3 Å². The highest BCUT2D eigenvalue weighted by atomic mass is 35.7. The number of rotatable bonds is 4. The summed E-state index contributed by atoms with van der Waals surface area (Å²) < 4.78 is 24.2. The number of benzene rings is 2. The van der Waals surface area contributed by atoms with Crippen molar-refractivity contribution in [1.82, 2.24) is 0 Å². The summed E-state index contributed by atoms with van der Waals surface area (Å²) in [6.07, 6.45) is 5.18. The fourth-order valence-corrected chi connectivity index (χ4v) is 3.48. The molecule has 1 aliphatic rings. The first kappa shape index (κ1) is 16.6. The predicted molar refractivity (Wildman–Crippen MR) is 96.6 cm³/mol. The minimum absolute atomic E-state index is 0.135. The average Bonchev–Trinajstić information content (AvgIpc) is 2.61. The van der Waals surface area contributed by atoms with E-state index in [1.54, 1.807) is 30.3 Å². The molecule has 0 radical (unpaired) electrons. The van der Waals surface area contributed by atoms with E-state index in [9.17, 15) is 8.42 Å². The van der Waals surface area contributed by atoms with E-state index in [0.29, 0.717) is 5.69 Å². The van der Waals surface area contributed by atoms with Gasteiger partial charge in [0.2, 0.25) is 4.87 Å². The molecule has 0 fully saturated rings. The van der Waals surface area contributed by atoms with Gasteiger partial charge in [-0.1, -0.05) is 60.7 Å². The third-order valence-electron chi connectivity index (χ3n) is 3.76. The van der Waals surface area contributed by atoms with Crippen LogP contribution in [0.25, 0.3) is 5.57 Å². The van der Waals surface area contributed by atoms with E-state index < -0.39 is 13.9 Å². The number of azo groups is 1. The number of allylic oxidation sites excluding steroid dienone is 2. The van der Waals surface area contributed by atoms with E-state index in [0.717, 1.165) is 11.1 Å². The van der Waals surface area contributed by atoms with Gasteiger partial charge >= 0.3 is 0 Å². The molecule has 24 heavy (non-hydrogen) atoms. The number of hydrogen-bond acceptors (Lipinski definition) is 4. The number of hydrogen-bond donors (Lipinski definition) is 0. The third-order valence-corrected chi connectivity index (χ3v) is 5.79. The van der Waals surface area contributed by atoms with Crippen molar-refractivity contribution in [3.63, 3.8) is 0 Å². The SMILES string of the molecule is O=S(=O)(Cl)C1(N=Nc2ccccc2)C=CC(c2ccccc2)=CC1. The molecule has 0 heterocycles. The molecule has 0 aliphatic heterocycles. The predicted octanol–water partition coefficient (Wildman–Crippen LogP) is 5.08. The maximum atomic E-state index is 12.1. The van der Waals surface area contributed by atoms with Gasteiger partial charge in [0.15, 0.2) is 0 Å². The van der Waals surface area contributed by atoms with Crippen LogP contribution in [0, 0.1) is 0 Å². The maximum absolute atomic E-state index is 12.1. The summed E-state index contributed by atoms with van der Waals surface area (Å²) in [5, 5.41) is 8.11. The van der Waals surface area contributed by atoms with Crippen molar-refractivity contribution >= 4 is 31.0 Å². The van der Waals surface area contributed by atoms with E-state index in [4.69, 9.17) is 10.7 Å². The highest BCUT2D eigenvalue weighted by molar-refractivity contribution is 8.15. The van der Waals surface area contributed by atoms with Crippen molar-refractivity contribution in [1.29, 1.82) is 0 Å². The zero-order chi connectivity index (χ0) is 17.0. The molecule has 122 valence electrons. The Balaban J connectivity index is 1.92. The molecular weight excluding hydrogens is 344 g/mol. The first-order chi connectivity index (χ1) is 11.5. The van der Waals surface area contributed by atoms with E-state index in [-0.39, 0.29) is 6.42 Å². The fourth-order valence-electron chi connectivity index (χ4n) is 2.40. The summed E-state index contributed by atoms with van der Waals surface area (Å²) in [4.78, 5) is -1.58. The zero-order valence-electron chi connectivity index (χ0n) is 12.7. The van der Waals surface area contributed by atoms with E-state index in [1.165, 1.54) is 6.08 Å². The summed E-state index contributed by atoms with van der Waals surface area (Å²) in [6, 6.07) is 18.7. The van der Waals surface area contributed by atoms with Crippen LogP contribution in [0.4, 0.5) is 5.69 Å². The van der Waals surface area contributed by atoms with Crippen molar-refractivity contribution < 1.29 is 8.42 Å². The molecule has 6 heteroatoms.